The van der Waals surface area contributed by atoms with E-state index in [0.29, 0.717) is 0 Å². The number of rotatable bonds is 6. The molecule has 0 spiro atoms. The minimum atomic E-state index is 1.07. The molecule has 0 N–H and O–H groups in total. The van der Waals surface area contributed by atoms with Gasteiger partial charge in [-0.05, 0) is 306 Å². The Bertz CT molecular complexity index is 8390. The van der Waals surface area contributed by atoms with Crippen molar-refractivity contribution >= 4 is 178 Å². The molecule has 3 aliphatic rings. The van der Waals surface area contributed by atoms with E-state index in [1.807, 2.05) is 0 Å². The maximum absolute atomic E-state index is 2.47. The Hall–Kier alpha value is -15.1. The fourth-order valence-corrected chi connectivity index (χ4v) is 22.3. The first kappa shape index (κ1) is 70.0. The Morgan fingerprint density at radius 3 is 0.877 bits per heavy atom. The summed E-state index contributed by atoms with van der Waals surface area (Å²) in [6.45, 7) is 0. The Morgan fingerprint density at radius 1 is 0.139 bits per heavy atom. The van der Waals surface area contributed by atoms with Crippen molar-refractivity contribution in [1.82, 2.24) is 0 Å². The molecule has 568 valence electrons. The molecular weight excluding hydrogens is 1470 g/mol. The minimum Gasteiger partial charge on any atom is -0.0757 e. The minimum absolute atomic E-state index is 1.07. The molecule has 0 saturated carbocycles. The molecule has 0 radical (unpaired) electrons. The van der Waals surface area contributed by atoms with E-state index in [4.69, 9.17) is 0 Å². The van der Waals surface area contributed by atoms with Crippen molar-refractivity contribution < 1.29 is 0 Å². The van der Waals surface area contributed by atoms with Crippen LogP contribution < -0.4 is 0 Å². The van der Waals surface area contributed by atoms with Gasteiger partial charge >= 0.3 is 0 Å². The summed E-state index contributed by atoms with van der Waals surface area (Å²) >= 11 is 0. The first-order valence-corrected chi connectivity index (χ1v) is 43.4. The van der Waals surface area contributed by atoms with Gasteiger partial charge in [0.2, 0.25) is 0 Å². The van der Waals surface area contributed by atoms with Crippen molar-refractivity contribution in [3.63, 3.8) is 0 Å². The molecule has 122 heavy (non-hydrogen) atoms. The second-order valence-electron chi connectivity index (χ2n) is 33.8. The van der Waals surface area contributed by atoms with E-state index >= 15 is 0 Å². The summed E-state index contributed by atoms with van der Waals surface area (Å²) in [5.41, 5.74) is 24.5. The number of allylic oxidation sites excluding steroid dienone is 3. The predicted molar refractivity (Wildman–Crippen MR) is 526 cm³/mol. The number of fused-ring (bicyclic) bond motifs is 14. The maximum atomic E-state index is 2.47. The molecule has 3 aliphatic carbocycles. The molecular formula is C122H80. The van der Waals surface area contributed by atoms with E-state index in [9.17, 15) is 0 Å². The molecule has 0 saturated heterocycles. The summed E-state index contributed by atoms with van der Waals surface area (Å²) in [7, 11) is 0. The van der Waals surface area contributed by atoms with Crippen LogP contribution in [0.5, 0.6) is 0 Å². The quantitative estimate of drug-likeness (QED) is 0.115. The third kappa shape index (κ3) is 10.9. The third-order valence-corrected chi connectivity index (χ3v) is 27.4. The molecule has 0 heterocycles. The first-order valence-electron chi connectivity index (χ1n) is 43.4. The van der Waals surface area contributed by atoms with Crippen LogP contribution in [0.2, 0.25) is 0 Å². The molecule has 24 aromatic rings. The maximum Gasteiger partial charge on any atom is -0.00201 e. The molecule has 0 aliphatic heterocycles. The van der Waals surface area contributed by atoms with E-state index in [-0.39, 0.29) is 0 Å². The van der Waals surface area contributed by atoms with Crippen LogP contribution in [0.25, 0.3) is 212 Å². The Labute approximate surface area is 707 Å². The summed E-state index contributed by atoms with van der Waals surface area (Å²) in [5, 5.41) is 39.6. The average molecular weight is 1550 g/mol. The van der Waals surface area contributed by atoms with Gasteiger partial charge in [-0.15, -0.1) is 0 Å². The van der Waals surface area contributed by atoms with Crippen molar-refractivity contribution in [3.05, 3.63) is 463 Å². The second kappa shape index (κ2) is 28.3. The van der Waals surface area contributed by atoms with Gasteiger partial charge in [0.25, 0.3) is 0 Å². The monoisotopic (exact) mass is 1540 g/mol. The van der Waals surface area contributed by atoms with Gasteiger partial charge in [0.1, 0.15) is 0 Å². The van der Waals surface area contributed by atoms with Gasteiger partial charge < -0.3 is 0 Å². The zero-order chi connectivity index (χ0) is 80.0. The van der Waals surface area contributed by atoms with Crippen LogP contribution in [0.3, 0.4) is 0 Å². The summed E-state index contributed by atoms with van der Waals surface area (Å²) < 4.78 is 0. The molecule has 0 fully saturated rings. The summed E-state index contributed by atoms with van der Waals surface area (Å²) in [4.78, 5) is 0. The van der Waals surface area contributed by atoms with Gasteiger partial charge in [0.15, 0.2) is 0 Å². The molecule has 0 heteroatoms. The van der Waals surface area contributed by atoms with Crippen molar-refractivity contribution in [2.45, 2.75) is 38.5 Å². The lowest BCUT2D eigenvalue weighted by molar-refractivity contribution is 0.978. The van der Waals surface area contributed by atoms with Crippen LogP contribution >= 0.6 is 0 Å². The zero-order valence-electron chi connectivity index (χ0n) is 67.5. The molecule has 0 bridgehead atoms. The third-order valence-electron chi connectivity index (χ3n) is 27.4. The van der Waals surface area contributed by atoms with Gasteiger partial charge in [-0.3, -0.25) is 0 Å². The Kier molecular flexibility index (Phi) is 16.2. The fourth-order valence-electron chi connectivity index (χ4n) is 22.3. The highest BCUT2D eigenvalue weighted by molar-refractivity contribution is 6.36. The van der Waals surface area contributed by atoms with Crippen molar-refractivity contribution in [3.8, 4) is 33.4 Å². The summed E-state index contributed by atoms with van der Waals surface area (Å²) in [5.74, 6) is 0. The van der Waals surface area contributed by atoms with E-state index in [0.717, 1.165) is 38.5 Å². The van der Waals surface area contributed by atoms with Crippen molar-refractivity contribution in [1.29, 1.82) is 0 Å². The number of hydrogen-bond donors (Lipinski definition) is 0. The largest absolute Gasteiger partial charge is 0.0757 e. The Morgan fingerprint density at radius 2 is 0.410 bits per heavy atom. The number of benzene rings is 24. The van der Waals surface area contributed by atoms with Crippen LogP contribution in [0.1, 0.15) is 69.3 Å². The summed E-state index contributed by atoms with van der Waals surface area (Å²) in [6.07, 6.45) is 13.9. The number of aryl methyl sites for hydroxylation is 3. The standard InChI is InChI=1S/C44H28.C40H26.C38H26/c1-2-15-29-27(11-1)12-7-20-30(29)42-33-16-3-5-18-35(33)43(36-19-6-4-17-34(36)42)40-26-25-39-32-22-9-14-28-13-8-21-31(41(28)32)37-23-10-24-38(40)44(37)39;1-2-13-29-25(9-1)10-8-18-30(29)39-31-14-3-5-16-33(31)40(34-17-6-4-15-32(34)39)36-24-22-28-20-19-26-11-7-12-27-21-23-35(36)38(28)37(26)27;1-4-14-30-25(10-1)12-9-19-32(30)38-35-17-7-5-15-33(35)37(34-16-6-8-18-36(34)38)28-22-23-31-27(24-28)21-20-26-11-2-3-13-29(26)31/h1-6,8-11,13-26H,7,12H2;1-7,9,11-24H,8,10H2;1-8,10-11,13-24H,9,12H2. The SMILES string of the molecule is C1=C(c2c3ccccc3c(-c3ccc4c(ccc5ccccc54)c3)c3ccccc23)c2ccccc2CC1.C1=C(c2c3ccccc3c(-c3ccc4c5cccc6cccc(c7cccc3c74)c65)c3ccccc23)c2ccccc2CC1.C1=C(c2c3ccccc3c(-c3ccc4ccc5cccc6ccc3c4c56)c3ccccc23)c2ccccc2CC1. The lowest BCUT2D eigenvalue weighted by Gasteiger charge is -2.24. The highest BCUT2D eigenvalue weighted by atomic mass is 14.3. The predicted octanol–water partition coefficient (Wildman–Crippen LogP) is 33.4. The highest BCUT2D eigenvalue weighted by Gasteiger charge is 2.28. The van der Waals surface area contributed by atoms with E-state index in [1.165, 1.54) is 262 Å². The van der Waals surface area contributed by atoms with Gasteiger partial charge in [-0.25, -0.2) is 0 Å². The molecule has 0 aromatic heterocycles. The lowest BCUT2D eigenvalue weighted by Crippen LogP contribution is -2.02. The molecule has 0 nitrogen and oxygen atoms in total. The van der Waals surface area contributed by atoms with E-state index in [1.54, 1.807) is 0 Å². The fraction of sp³-hybridized carbons (Fsp3) is 0.0492. The molecule has 0 unspecified atom stereocenters. The first-order chi connectivity index (χ1) is 60.6. The van der Waals surface area contributed by atoms with Crippen LogP contribution in [0, 0.1) is 0 Å². The smallest absolute Gasteiger partial charge is 0.00201 e. The molecule has 0 atom stereocenters. The van der Waals surface area contributed by atoms with Gasteiger partial charge in [0, 0.05) is 0 Å². The molecule has 24 aromatic carbocycles. The normalized spacial score (nSPS) is 13.4. The van der Waals surface area contributed by atoms with Gasteiger partial charge in [-0.1, -0.05) is 406 Å². The molecule has 27 rings (SSSR count). The van der Waals surface area contributed by atoms with Gasteiger partial charge in [-0.2, -0.15) is 0 Å². The van der Waals surface area contributed by atoms with Crippen molar-refractivity contribution in [2.75, 3.05) is 0 Å². The zero-order valence-corrected chi connectivity index (χ0v) is 67.5. The summed E-state index contributed by atoms with van der Waals surface area (Å²) in [6, 6.07) is 147. The van der Waals surface area contributed by atoms with Crippen LogP contribution in [-0.2, 0) is 19.3 Å². The van der Waals surface area contributed by atoms with E-state index in [2.05, 4.69) is 413 Å². The van der Waals surface area contributed by atoms with E-state index < -0.39 is 0 Å². The topological polar surface area (TPSA) is 0 Å². The van der Waals surface area contributed by atoms with Gasteiger partial charge in [0.05, 0.1) is 0 Å². The Balaban J connectivity index is 0.000000101. The van der Waals surface area contributed by atoms with Crippen LogP contribution in [0.15, 0.2) is 413 Å². The lowest BCUT2D eigenvalue weighted by atomic mass is 9.79. The van der Waals surface area contributed by atoms with Crippen LogP contribution in [0.4, 0.5) is 0 Å². The average Bonchev–Trinajstić information content (AvgIpc) is 0.751. The second-order valence-corrected chi connectivity index (χ2v) is 33.8. The highest BCUT2D eigenvalue weighted by Crippen LogP contribution is 2.53. The van der Waals surface area contributed by atoms with Crippen molar-refractivity contribution in [2.24, 2.45) is 0 Å². The molecule has 0 amide bonds. The van der Waals surface area contributed by atoms with Crippen LogP contribution in [-0.4, -0.2) is 0 Å². The number of hydrogen-bond acceptors (Lipinski definition) is 0.